The monoisotopic (exact) mass is 340 g/mol. The molecule has 0 saturated carbocycles. The van der Waals surface area contributed by atoms with E-state index in [-0.39, 0.29) is 0 Å². The average Bonchev–Trinajstić information content (AvgIpc) is 3.00. The second kappa shape index (κ2) is 6.16. The number of nitrogens with one attached hydrogen (secondary N) is 1. The van der Waals surface area contributed by atoms with Crippen LogP contribution in [0.2, 0.25) is 0 Å². The Morgan fingerprint density at radius 2 is 1.75 bits per heavy atom. The van der Waals surface area contributed by atoms with Gasteiger partial charge in [-0.25, -0.2) is 9.78 Å². The topological polar surface area (TPSA) is 63.8 Å². The first-order valence-corrected chi connectivity index (χ1v) is 8.11. The van der Waals surface area contributed by atoms with Crippen LogP contribution in [0.3, 0.4) is 0 Å². The van der Waals surface area contributed by atoms with Crippen molar-refractivity contribution in [1.82, 2.24) is 24.7 Å². The van der Waals surface area contributed by atoms with Crippen molar-refractivity contribution >= 4 is 18.4 Å². The van der Waals surface area contributed by atoms with E-state index in [0.717, 1.165) is 17.0 Å². The summed E-state index contributed by atoms with van der Waals surface area (Å²) in [5, 5.41) is 16.0. The van der Waals surface area contributed by atoms with Gasteiger partial charge in [0.25, 0.3) is 5.95 Å². The van der Waals surface area contributed by atoms with Crippen LogP contribution in [0, 0.1) is 39.4 Å². The van der Waals surface area contributed by atoms with Crippen LogP contribution in [0.15, 0.2) is 23.3 Å². The molecule has 0 aliphatic carbocycles. The fourth-order valence-electron chi connectivity index (χ4n) is 2.87. The number of H-pyrrole nitrogens is 1. The lowest BCUT2D eigenvalue weighted by molar-refractivity contribution is 0.714. The van der Waals surface area contributed by atoms with Crippen LogP contribution in [-0.4, -0.2) is 30.9 Å². The molecule has 0 bridgehead atoms. The quantitative estimate of drug-likeness (QED) is 0.586. The summed E-state index contributed by atoms with van der Waals surface area (Å²) in [5.41, 5.74) is 6.58. The van der Waals surface area contributed by atoms with Gasteiger partial charge in [-0.3, -0.25) is 0 Å². The van der Waals surface area contributed by atoms with Gasteiger partial charge in [0.05, 0.1) is 11.9 Å². The Hall–Kier alpha value is -2.54. The molecule has 0 amide bonds. The van der Waals surface area contributed by atoms with E-state index in [4.69, 9.17) is 12.2 Å². The molecule has 124 valence electrons. The minimum Gasteiger partial charge on any atom is -0.248 e. The Bertz CT molecular complexity index is 966. The molecule has 3 aromatic rings. The molecule has 0 aliphatic heterocycles. The minimum absolute atomic E-state index is 0.427. The number of aromatic amines is 1. The number of aromatic nitrogens is 5. The third-order valence-corrected chi connectivity index (χ3v) is 4.14. The molecule has 0 fully saturated rings. The highest BCUT2D eigenvalue weighted by molar-refractivity contribution is 7.71. The van der Waals surface area contributed by atoms with E-state index in [9.17, 15) is 0 Å². The minimum atomic E-state index is 0.427. The van der Waals surface area contributed by atoms with Gasteiger partial charge in [-0.15, -0.1) is 5.10 Å². The van der Waals surface area contributed by atoms with Gasteiger partial charge in [0, 0.05) is 11.3 Å². The molecule has 3 rings (SSSR count). The summed E-state index contributed by atoms with van der Waals surface area (Å²) in [6, 6.07) is 6.27. The Labute approximate surface area is 145 Å². The number of hydrogen-bond donors (Lipinski definition) is 1. The summed E-state index contributed by atoms with van der Waals surface area (Å²) in [7, 11) is 0. The molecule has 0 unspecified atom stereocenters. The van der Waals surface area contributed by atoms with E-state index in [0.29, 0.717) is 10.7 Å². The zero-order chi connectivity index (χ0) is 17.4. The molecule has 1 aromatic carbocycles. The van der Waals surface area contributed by atoms with E-state index < -0.39 is 0 Å². The molecule has 0 saturated heterocycles. The number of benzene rings is 1. The van der Waals surface area contributed by atoms with E-state index in [1.54, 1.807) is 9.36 Å². The molecule has 0 atom stereocenters. The Kier molecular flexibility index (Phi) is 4.19. The van der Waals surface area contributed by atoms with Crippen molar-refractivity contribution in [3.63, 3.8) is 0 Å². The lowest BCUT2D eigenvalue weighted by atomic mass is 10.0. The third kappa shape index (κ3) is 2.94. The van der Waals surface area contributed by atoms with Crippen molar-refractivity contribution < 1.29 is 0 Å². The number of nitrogens with zero attached hydrogens (tertiary/aromatic N) is 5. The maximum atomic E-state index is 5.31. The first-order chi connectivity index (χ1) is 11.4. The summed E-state index contributed by atoms with van der Waals surface area (Å²) >= 11 is 5.31. The van der Waals surface area contributed by atoms with Crippen molar-refractivity contribution in [3.05, 3.63) is 56.6 Å². The van der Waals surface area contributed by atoms with Gasteiger partial charge in [0.15, 0.2) is 0 Å². The van der Waals surface area contributed by atoms with Crippen molar-refractivity contribution in [1.29, 1.82) is 0 Å². The molecule has 7 heteroatoms. The molecule has 1 N–H and O–H groups in total. The van der Waals surface area contributed by atoms with Crippen LogP contribution < -0.4 is 0 Å². The summed E-state index contributed by atoms with van der Waals surface area (Å²) in [6.45, 7) is 10.2. The second-order valence-corrected chi connectivity index (χ2v) is 6.42. The van der Waals surface area contributed by atoms with Crippen LogP contribution in [0.5, 0.6) is 0 Å². The summed E-state index contributed by atoms with van der Waals surface area (Å²) in [4.78, 5) is 0. The van der Waals surface area contributed by atoms with E-state index >= 15 is 0 Å². The van der Waals surface area contributed by atoms with Crippen molar-refractivity contribution in [2.45, 2.75) is 34.6 Å². The van der Waals surface area contributed by atoms with E-state index in [1.165, 1.54) is 16.7 Å². The Morgan fingerprint density at radius 1 is 1.08 bits per heavy atom. The summed E-state index contributed by atoms with van der Waals surface area (Å²) < 4.78 is 3.75. The summed E-state index contributed by atoms with van der Waals surface area (Å²) in [6.07, 6.45) is 1.82. The van der Waals surface area contributed by atoms with E-state index in [1.807, 2.05) is 26.1 Å². The van der Waals surface area contributed by atoms with E-state index in [2.05, 4.69) is 53.3 Å². The molecule has 0 spiro atoms. The zero-order valence-corrected chi connectivity index (χ0v) is 15.3. The van der Waals surface area contributed by atoms with Gasteiger partial charge in [-0.2, -0.15) is 14.9 Å². The maximum Gasteiger partial charge on any atom is 0.271 e. The van der Waals surface area contributed by atoms with Gasteiger partial charge < -0.3 is 0 Å². The lowest BCUT2D eigenvalue weighted by Crippen LogP contribution is -2.07. The summed E-state index contributed by atoms with van der Waals surface area (Å²) in [5.74, 6) is 0.546. The standard InChI is InChI=1S/C17H20N6S/c1-10-6-11(2)15(12(3)7-10)9-18-23-16(19-20-17(23)24)22-14(5)8-13(4)21-22/h6-9H,1-5H3,(H,20,24). The molecule has 0 radical (unpaired) electrons. The predicted octanol–water partition coefficient (Wildman–Crippen LogP) is 3.55. The molecule has 2 heterocycles. The highest BCUT2D eigenvalue weighted by atomic mass is 32.1. The van der Waals surface area contributed by atoms with Gasteiger partial charge in [0.2, 0.25) is 4.77 Å². The SMILES string of the molecule is Cc1cc(C)c(C=Nn2c(-n3nc(C)cc3C)n[nH]c2=S)c(C)c1. The lowest BCUT2D eigenvalue weighted by Gasteiger charge is -2.07. The van der Waals surface area contributed by atoms with Crippen molar-refractivity contribution in [2.24, 2.45) is 5.10 Å². The number of rotatable bonds is 3. The van der Waals surface area contributed by atoms with Gasteiger partial charge >= 0.3 is 0 Å². The van der Waals surface area contributed by atoms with Gasteiger partial charge in [0.1, 0.15) is 0 Å². The van der Waals surface area contributed by atoms with Crippen LogP contribution in [0.4, 0.5) is 0 Å². The first-order valence-electron chi connectivity index (χ1n) is 7.70. The van der Waals surface area contributed by atoms with Crippen molar-refractivity contribution in [3.8, 4) is 5.95 Å². The predicted molar refractivity (Wildman–Crippen MR) is 97.7 cm³/mol. The molecule has 0 aliphatic rings. The second-order valence-electron chi connectivity index (χ2n) is 6.04. The Morgan fingerprint density at radius 3 is 2.33 bits per heavy atom. The van der Waals surface area contributed by atoms with Gasteiger partial charge in [-0.1, -0.05) is 17.7 Å². The van der Waals surface area contributed by atoms with Crippen LogP contribution >= 0.6 is 12.2 Å². The fourth-order valence-corrected chi connectivity index (χ4v) is 3.04. The third-order valence-electron chi connectivity index (χ3n) is 3.87. The van der Waals surface area contributed by atoms with Crippen LogP contribution in [0.1, 0.15) is 33.6 Å². The molecule has 24 heavy (non-hydrogen) atoms. The maximum absolute atomic E-state index is 5.31. The van der Waals surface area contributed by atoms with Gasteiger partial charge in [-0.05, 0) is 64.0 Å². The molecule has 2 aromatic heterocycles. The zero-order valence-electron chi connectivity index (χ0n) is 14.5. The largest absolute Gasteiger partial charge is 0.271 e. The first kappa shape index (κ1) is 16.3. The number of hydrogen-bond acceptors (Lipinski definition) is 4. The normalized spacial score (nSPS) is 11.5. The van der Waals surface area contributed by atoms with Crippen molar-refractivity contribution in [2.75, 3.05) is 0 Å². The molecular formula is C17H20N6S. The molecule has 6 nitrogen and oxygen atoms in total. The Balaban J connectivity index is 2.08. The highest BCUT2D eigenvalue weighted by Crippen LogP contribution is 2.15. The highest BCUT2D eigenvalue weighted by Gasteiger charge is 2.12. The number of aryl methyl sites for hydroxylation is 5. The van der Waals surface area contributed by atoms with Crippen LogP contribution in [-0.2, 0) is 0 Å². The fraction of sp³-hybridized carbons (Fsp3) is 0.294. The average molecular weight is 340 g/mol. The smallest absolute Gasteiger partial charge is 0.248 e. The molecular weight excluding hydrogens is 320 g/mol. The van der Waals surface area contributed by atoms with Crippen LogP contribution in [0.25, 0.3) is 5.95 Å².